The van der Waals surface area contributed by atoms with Crippen LogP contribution in [0.4, 0.5) is 0 Å². The van der Waals surface area contributed by atoms with Gasteiger partial charge in [0.15, 0.2) is 0 Å². The molecule has 2 rings (SSSR count). The number of carboxylic acids is 1. The Morgan fingerprint density at radius 1 is 1.20 bits per heavy atom. The van der Waals surface area contributed by atoms with Gasteiger partial charge in [-0.1, -0.05) is 19.8 Å². The van der Waals surface area contributed by atoms with Crippen LogP contribution in [-0.2, 0) is 14.3 Å². The van der Waals surface area contributed by atoms with Crippen molar-refractivity contribution in [3.63, 3.8) is 0 Å². The van der Waals surface area contributed by atoms with Crippen molar-refractivity contribution < 1.29 is 19.4 Å². The Balaban J connectivity index is 1.77. The zero-order valence-corrected chi connectivity index (χ0v) is 12.2. The van der Waals surface area contributed by atoms with Gasteiger partial charge in [0, 0.05) is 13.1 Å². The first-order valence-electron chi connectivity index (χ1n) is 7.70. The summed E-state index contributed by atoms with van der Waals surface area (Å²) in [6.45, 7) is 3.26. The van der Waals surface area contributed by atoms with Crippen molar-refractivity contribution in [2.45, 2.75) is 51.6 Å². The lowest BCUT2D eigenvalue weighted by molar-refractivity contribution is -0.148. The lowest BCUT2D eigenvalue weighted by Gasteiger charge is -2.32. The van der Waals surface area contributed by atoms with Crippen LogP contribution in [0.2, 0.25) is 0 Å². The maximum atomic E-state index is 12.1. The van der Waals surface area contributed by atoms with E-state index in [1.165, 1.54) is 19.3 Å². The summed E-state index contributed by atoms with van der Waals surface area (Å²) in [7, 11) is 0. The van der Waals surface area contributed by atoms with E-state index >= 15 is 0 Å². The lowest BCUT2D eigenvalue weighted by Crippen LogP contribution is -2.44. The second-order valence-electron chi connectivity index (χ2n) is 6.13. The van der Waals surface area contributed by atoms with E-state index in [1.807, 2.05) is 0 Å². The number of ether oxygens (including phenoxy) is 1. The molecular weight excluding hydrogens is 258 g/mol. The molecule has 1 saturated heterocycles. The molecule has 1 amide bonds. The molecule has 1 heterocycles. The molecule has 5 nitrogen and oxygen atoms in total. The molecule has 1 aliphatic carbocycles. The van der Waals surface area contributed by atoms with Crippen molar-refractivity contribution in [2.24, 2.45) is 11.8 Å². The van der Waals surface area contributed by atoms with Crippen molar-refractivity contribution in [1.82, 2.24) is 4.90 Å². The van der Waals surface area contributed by atoms with Gasteiger partial charge in [0.05, 0.1) is 12.0 Å². The highest BCUT2D eigenvalue weighted by Crippen LogP contribution is 2.26. The number of carbonyl (C=O) groups excluding carboxylic acids is 1. The Hall–Kier alpha value is -1.10. The van der Waals surface area contributed by atoms with Gasteiger partial charge in [0.1, 0.15) is 6.61 Å². The zero-order chi connectivity index (χ0) is 14.5. The Morgan fingerprint density at radius 3 is 2.65 bits per heavy atom. The molecule has 0 aromatic carbocycles. The number of aliphatic carboxylic acids is 1. The first kappa shape index (κ1) is 15.3. The van der Waals surface area contributed by atoms with Crippen LogP contribution in [0.25, 0.3) is 0 Å². The average Bonchev–Trinajstić information content (AvgIpc) is 2.46. The van der Waals surface area contributed by atoms with Gasteiger partial charge < -0.3 is 14.7 Å². The Kier molecular flexibility index (Phi) is 5.40. The minimum Gasteiger partial charge on any atom is -0.481 e. The molecule has 0 aromatic heterocycles. The molecule has 5 heteroatoms. The van der Waals surface area contributed by atoms with Crippen LogP contribution in [-0.4, -0.2) is 47.7 Å². The van der Waals surface area contributed by atoms with E-state index in [2.05, 4.69) is 6.92 Å². The summed E-state index contributed by atoms with van der Waals surface area (Å²) in [5.41, 5.74) is 0. The summed E-state index contributed by atoms with van der Waals surface area (Å²) in [4.78, 5) is 24.8. The summed E-state index contributed by atoms with van der Waals surface area (Å²) >= 11 is 0. The molecule has 1 saturated carbocycles. The predicted octanol–water partition coefficient (Wildman–Crippen LogP) is 1.90. The molecule has 0 aromatic rings. The van der Waals surface area contributed by atoms with Crippen LogP contribution in [0, 0.1) is 11.8 Å². The quantitative estimate of drug-likeness (QED) is 0.855. The first-order valence-corrected chi connectivity index (χ1v) is 7.70. The molecule has 1 aliphatic heterocycles. The van der Waals surface area contributed by atoms with E-state index < -0.39 is 11.9 Å². The van der Waals surface area contributed by atoms with E-state index in [4.69, 9.17) is 9.84 Å². The van der Waals surface area contributed by atoms with E-state index in [0.29, 0.717) is 25.4 Å². The number of nitrogens with zero attached hydrogens (tertiary/aromatic N) is 1. The monoisotopic (exact) mass is 283 g/mol. The van der Waals surface area contributed by atoms with Crippen LogP contribution in [0.1, 0.15) is 45.4 Å². The fourth-order valence-corrected chi connectivity index (χ4v) is 3.20. The lowest BCUT2D eigenvalue weighted by atomic mass is 9.88. The molecule has 2 aliphatic rings. The molecule has 114 valence electrons. The van der Waals surface area contributed by atoms with Gasteiger partial charge in [0.25, 0.3) is 0 Å². The molecule has 0 unspecified atom stereocenters. The number of hydrogen-bond acceptors (Lipinski definition) is 3. The summed E-state index contributed by atoms with van der Waals surface area (Å²) in [5.74, 6) is -0.760. The Morgan fingerprint density at radius 2 is 1.95 bits per heavy atom. The van der Waals surface area contributed by atoms with Crippen molar-refractivity contribution >= 4 is 11.9 Å². The fourth-order valence-electron chi connectivity index (χ4n) is 3.20. The minimum atomic E-state index is -0.802. The number of rotatable bonds is 4. The highest BCUT2D eigenvalue weighted by atomic mass is 16.5. The van der Waals surface area contributed by atoms with Crippen LogP contribution in [0.5, 0.6) is 0 Å². The molecular formula is C15H25NO4. The SMILES string of the molecule is C[C@@H]1CCCC[C@H]1OCC(=O)N1CCC[C@@H](C(=O)O)C1. The second-order valence-corrected chi connectivity index (χ2v) is 6.13. The summed E-state index contributed by atoms with van der Waals surface area (Å²) in [5, 5.41) is 9.04. The zero-order valence-electron chi connectivity index (χ0n) is 12.2. The first-order chi connectivity index (χ1) is 9.58. The maximum absolute atomic E-state index is 12.1. The smallest absolute Gasteiger partial charge is 0.308 e. The fraction of sp³-hybridized carbons (Fsp3) is 0.867. The highest BCUT2D eigenvalue weighted by Gasteiger charge is 2.29. The number of piperidine rings is 1. The third kappa shape index (κ3) is 3.95. The van der Waals surface area contributed by atoms with Crippen LogP contribution in [0.15, 0.2) is 0 Å². The highest BCUT2D eigenvalue weighted by molar-refractivity contribution is 5.79. The molecule has 2 fully saturated rings. The van der Waals surface area contributed by atoms with Crippen molar-refractivity contribution in [1.29, 1.82) is 0 Å². The van der Waals surface area contributed by atoms with E-state index in [1.54, 1.807) is 4.90 Å². The number of amides is 1. The third-order valence-electron chi connectivity index (χ3n) is 4.58. The largest absolute Gasteiger partial charge is 0.481 e. The van der Waals surface area contributed by atoms with Crippen LogP contribution in [0.3, 0.4) is 0 Å². The van der Waals surface area contributed by atoms with Crippen molar-refractivity contribution in [2.75, 3.05) is 19.7 Å². The van der Waals surface area contributed by atoms with Gasteiger partial charge in [-0.2, -0.15) is 0 Å². The van der Waals surface area contributed by atoms with Gasteiger partial charge in [-0.15, -0.1) is 0 Å². The van der Waals surface area contributed by atoms with Crippen molar-refractivity contribution in [3.05, 3.63) is 0 Å². The van der Waals surface area contributed by atoms with Crippen LogP contribution < -0.4 is 0 Å². The molecule has 0 bridgehead atoms. The average molecular weight is 283 g/mol. The Labute approximate surface area is 120 Å². The summed E-state index contributed by atoms with van der Waals surface area (Å²) < 4.78 is 5.77. The minimum absolute atomic E-state index is 0.0614. The number of carboxylic acid groups (broad SMARTS) is 1. The van der Waals surface area contributed by atoms with Crippen LogP contribution >= 0.6 is 0 Å². The number of hydrogen-bond donors (Lipinski definition) is 1. The number of likely N-dealkylation sites (tertiary alicyclic amines) is 1. The maximum Gasteiger partial charge on any atom is 0.308 e. The molecule has 0 radical (unpaired) electrons. The molecule has 3 atom stereocenters. The summed E-state index contributed by atoms with van der Waals surface area (Å²) in [6, 6.07) is 0. The predicted molar refractivity (Wildman–Crippen MR) is 74.3 cm³/mol. The van der Waals surface area contributed by atoms with Gasteiger partial charge in [-0.3, -0.25) is 9.59 Å². The second kappa shape index (κ2) is 7.07. The molecule has 1 N–H and O–H groups in total. The van der Waals surface area contributed by atoms with Crippen molar-refractivity contribution in [3.8, 4) is 0 Å². The number of carbonyl (C=O) groups is 2. The van der Waals surface area contributed by atoms with Gasteiger partial charge in [-0.05, 0) is 31.6 Å². The molecule has 0 spiro atoms. The van der Waals surface area contributed by atoms with Gasteiger partial charge in [-0.25, -0.2) is 0 Å². The van der Waals surface area contributed by atoms with Gasteiger partial charge >= 0.3 is 5.97 Å². The van der Waals surface area contributed by atoms with E-state index in [9.17, 15) is 9.59 Å². The Bertz CT molecular complexity index is 358. The van der Waals surface area contributed by atoms with E-state index in [0.717, 1.165) is 12.8 Å². The third-order valence-corrected chi connectivity index (χ3v) is 4.58. The van der Waals surface area contributed by atoms with Gasteiger partial charge in [0.2, 0.25) is 5.91 Å². The summed E-state index contributed by atoms with van der Waals surface area (Å²) in [6.07, 6.45) is 6.25. The van der Waals surface area contributed by atoms with E-state index in [-0.39, 0.29) is 18.6 Å². The normalized spacial score (nSPS) is 31.1. The topological polar surface area (TPSA) is 66.8 Å². The molecule has 20 heavy (non-hydrogen) atoms. The standard InChI is InChI=1S/C15H25NO4/c1-11-5-2-3-7-13(11)20-10-14(17)16-8-4-6-12(9-16)15(18)19/h11-13H,2-10H2,1H3,(H,18,19)/t11-,12-,13-/m1/s1.